The molecule has 39 heavy (non-hydrogen) atoms. The number of rotatable bonds is 9. The number of carbonyl (C=O) groups is 1. The molecule has 2 aromatic heterocycles. The maximum absolute atomic E-state index is 12.9. The summed E-state index contributed by atoms with van der Waals surface area (Å²) in [6.45, 7) is 3.72. The quantitative estimate of drug-likeness (QED) is 0.288. The van der Waals surface area contributed by atoms with Gasteiger partial charge in [-0.15, -0.1) is 0 Å². The highest BCUT2D eigenvalue weighted by Gasteiger charge is 2.19. The average molecular weight is 545 g/mol. The van der Waals surface area contributed by atoms with Gasteiger partial charge in [0.15, 0.2) is 0 Å². The molecule has 1 amide bonds. The van der Waals surface area contributed by atoms with Gasteiger partial charge in [-0.3, -0.25) is 9.89 Å². The van der Waals surface area contributed by atoms with E-state index in [2.05, 4.69) is 30.8 Å². The molecular formula is C27H28N8O3S. The molecule has 0 aliphatic heterocycles. The summed E-state index contributed by atoms with van der Waals surface area (Å²) in [6, 6.07) is 17.1. The molecular weight excluding hydrogens is 516 g/mol. The Morgan fingerprint density at radius 2 is 1.85 bits per heavy atom. The first kappa shape index (κ1) is 27.4. The molecule has 2 aromatic carbocycles. The molecule has 0 unspecified atom stereocenters. The van der Waals surface area contributed by atoms with Crippen molar-refractivity contribution < 1.29 is 13.2 Å². The van der Waals surface area contributed by atoms with Gasteiger partial charge in [0.25, 0.3) is 5.91 Å². The van der Waals surface area contributed by atoms with Crippen LogP contribution in [0.15, 0.2) is 59.5 Å². The van der Waals surface area contributed by atoms with E-state index in [1.807, 2.05) is 37.3 Å². The number of benzene rings is 2. The van der Waals surface area contributed by atoms with Crippen LogP contribution in [0.2, 0.25) is 0 Å². The average Bonchev–Trinajstić information content (AvgIpc) is 3.35. The van der Waals surface area contributed by atoms with E-state index in [1.165, 1.54) is 26.2 Å². The molecule has 0 saturated carbocycles. The Morgan fingerprint density at radius 1 is 1.05 bits per heavy atom. The highest BCUT2D eigenvalue weighted by Crippen LogP contribution is 2.21. The first-order valence-electron chi connectivity index (χ1n) is 12.1. The molecule has 3 N–H and O–H groups in total. The molecule has 0 aliphatic carbocycles. The van der Waals surface area contributed by atoms with E-state index in [0.717, 1.165) is 21.1 Å². The van der Waals surface area contributed by atoms with Crippen LogP contribution in [0, 0.1) is 25.2 Å². The summed E-state index contributed by atoms with van der Waals surface area (Å²) in [5.41, 5.74) is 4.08. The summed E-state index contributed by atoms with van der Waals surface area (Å²) in [4.78, 5) is 21.3. The van der Waals surface area contributed by atoms with Crippen molar-refractivity contribution in [3.8, 4) is 6.07 Å². The van der Waals surface area contributed by atoms with Crippen molar-refractivity contribution in [1.82, 2.24) is 24.5 Å². The molecule has 0 fully saturated rings. The maximum atomic E-state index is 12.9. The van der Waals surface area contributed by atoms with Gasteiger partial charge in [-0.05, 0) is 68.1 Å². The van der Waals surface area contributed by atoms with Crippen LogP contribution < -0.4 is 10.6 Å². The number of hydrogen-bond acceptors (Lipinski definition) is 8. The number of aromatic amines is 1. The van der Waals surface area contributed by atoms with Crippen molar-refractivity contribution in [2.45, 2.75) is 31.6 Å². The van der Waals surface area contributed by atoms with Crippen molar-refractivity contribution in [3.05, 3.63) is 88.5 Å². The van der Waals surface area contributed by atoms with Crippen LogP contribution in [0.5, 0.6) is 0 Å². The summed E-state index contributed by atoms with van der Waals surface area (Å²) >= 11 is 0. The molecule has 0 atom stereocenters. The lowest BCUT2D eigenvalue weighted by atomic mass is 10.0. The van der Waals surface area contributed by atoms with E-state index >= 15 is 0 Å². The van der Waals surface area contributed by atoms with Crippen molar-refractivity contribution in [1.29, 1.82) is 5.26 Å². The monoisotopic (exact) mass is 544 g/mol. The number of H-pyrrole nitrogens is 1. The standard InChI is InChI=1S/C27H28N8O3S/c1-17-8-10-21(31-27(36)20-6-5-7-24(13-20)39(37,38)35(3)4)12-19(17)9-11-22-14-26(34-33-22)32-25-15-23(16-28)29-18(2)30-25/h5-8,10,12-15H,9,11H2,1-4H3,(H,31,36)(H2,29,30,32,33,34). The summed E-state index contributed by atoms with van der Waals surface area (Å²) in [5, 5.41) is 22.4. The number of nitrogens with zero attached hydrogens (tertiary/aromatic N) is 5. The third-order valence-electron chi connectivity index (χ3n) is 5.98. The van der Waals surface area contributed by atoms with E-state index in [9.17, 15) is 13.2 Å². The first-order valence-corrected chi connectivity index (χ1v) is 13.5. The zero-order valence-corrected chi connectivity index (χ0v) is 22.8. The fourth-order valence-electron chi connectivity index (χ4n) is 3.88. The first-order chi connectivity index (χ1) is 18.5. The van der Waals surface area contributed by atoms with Crippen LogP contribution in [-0.2, 0) is 22.9 Å². The van der Waals surface area contributed by atoms with Gasteiger partial charge in [-0.25, -0.2) is 22.7 Å². The van der Waals surface area contributed by atoms with Crippen LogP contribution in [0.4, 0.5) is 17.3 Å². The molecule has 12 heteroatoms. The minimum absolute atomic E-state index is 0.0537. The summed E-state index contributed by atoms with van der Waals surface area (Å²) in [7, 11) is -0.762. The molecule has 0 saturated heterocycles. The van der Waals surface area contributed by atoms with Crippen molar-refractivity contribution in [2.75, 3.05) is 24.7 Å². The third kappa shape index (κ3) is 6.64. The normalized spacial score (nSPS) is 11.3. The van der Waals surface area contributed by atoms with Crippen molar-refractivity contribution in [2.24, 2.45) is 0 Å². The van der Waals surface area contributed by atoms with Gasteiger partial charge >= 0.3 is 0 Å². The number of sulfonamides is 1. The second-order valence-electron chi connectivity index (χ2n) is 9.11. The summed E-state index contributed by atoms with van der Waals surface area (Å²) in [5.74, 6) is 1.23. The Hall–Kier alpha value is -4.60. The Labute approximate surface area is 227 Å². The summed E-state index contributed by atoms with van der Waals surface area (Å²) < 4.78 is 26.0. The number of hydrogen-bond donors (Lipinski definition) is 3. The van der Waals surface area contributed by atoms with E-state index in [-0.39, 0.29) is 16.2 Å². The lowest BCUT2D eigenvalue weighted by Gasteiger charge is -2.13. The molecule has 11 nitrogen and oxygen atoms in total. The molecule has 4 rings (SSSR count). The minimum Gasteiger partial charge on any atom is -0.325 e. The van der Waals surface area contributed by atoms with Crippen molar-refractivity contribution >= 4 is 33.3 Å². The van der Waals surface area contributed by atoms with Gasteiger partial charge in [0.1, 0.15) is 29.2 Å². The molecule has 200 valence electrons. The van der Waals surface area contributed by atoms with Crippen molar-refractivity contribution in [3.63, 3.8) is 0 Å². The largest absolute Gasteiger partial charge is 0.325 e. The highest BCUT2D eigenvalue weighted by atomic mass is 32.2. The molecule has 0 aliphatic rings. The van der Waals surface area contributed by atoms with Gasteiger partial charge in [0, 0.05) is 37.5 Å². The molecule has 4 aromatic rings. The van der Waals surface area contributed by atoms with Crippen LogP contribution >= 0.6 is 0 Å². The Bertz CT molecular complexity index is 1670. The zero-order valence-electron chi connectivity index (χ0n) is 22.0. The van der Waals surface area contributed by atoms with E-state index in [4.69, 9.17) is 5.26 Å². The van der Waals surface area contributed by atoms with Crippen LogP contribution in [0.25, 0.3) is 0 Å². The third-order valence-corrected chi connectivity index (χ3v) is 7.79. The molecule has 0 bridgehead atoms. The van der Waals surface area contributed by atoms with Crippen LogP contribution in [-0.4, -0.2) is 52.9 Å². The predicted octanol–water partition coefficient (Wildman–Crippen LogP) is 3.72. The summed E-state index contributed by atoms with van der Waals surface area (Å²) in [6.07, 6.45) is 1.33. The SMILES string of the molecule is Cc1nc(C#N)cc(Nc2cc(CCc3cc(NC(=O)c4cccc(S(=O)(=O)N(C)C)c4)ccc3C)n[nH]2)n1. The highest BCUT2D eigenvalue weighted by molar-refractivity contribution is 7.89. The number of amides is 1. The van der Waals surface area contributed by atoms with E-state index in [1.54, 1.807) is 25.1 Å². The van der Waals surface area contributed by atoms with Gasteiger partial charge in [0.05, 0.1) is 10.6 Å². The number of nitrogens with one attached hydrogen (secondary N) is 3. The van der Waals surface area contributed by atoms with Gasteiger partial charge in [-0.2, -0.15) is 10.4 Å². The lowest BCUT2D eigenvalue weighted by molar-refractivity contribution is 0.102. The fourth-order valence-corrected chi connectivity index (χ4v) is 4.82. The van der Waals surface area contributed by atoms with E-state index < -0.39 is 15.9 Å². The predicted molar refractivity (Wildman–Crippen MR) is 147 cm³/mol. The minimum atomic E-state index is -3.65. The number of anilines is 3. The van der Waals surface area contributed by atoms with Gasteiger partial charge in [-0.1, -0.05) is 12.1 Å². The smallest absolute Gasteiger partial charge is 0.255 e. The van der Waals surface area contributed by atoms with Crippen LogP contribution in [0.3, 0.4) is 0 Å². The second kappa shape index (κ2) is 11.4. The number of aryl methyl sites for hydroxylation is 4. The molecule has 0 radical (unpaired) electrons. The molecule has 2 heterocycles. The Kier molecular flexibility index (Phi) is 8.04. The Balaban J connectivity index is 1.42. The lowest BCUT2D eigenvalue weighted by Crippen LogP contribution is -2.22. The number of aromatic nitrogens is 4. The van der Waals surface area contributed by atoms with E-state index in [0.29, 0.717) is 36.0 Å². The number of nitriles is 1. The second-order valence-corrected chi connectivity index (χ2v) is 11.3. The molecule has 0 spiro atoms. The fraction of sp³-hybridized carbons (Fsp3) is 0.222. The van der Waals surface area contributed by atoms with Gasteiger partial charge in [0.2, 0.25) is 10.0 Å². The maximum Gasteiger partial charge on any atom is 0.255 e. The topological polar surface area (TPSA) is 157 Å². The van der Waals surface area contributed by atoms with Crippen LogP contribution in [0.1, 0.15) is 38.7 Å². The number of carbonyl (C=O) groups excluding carboxylic acids is 1. The van der Waals surface area contributed by atoms with Gasteiger partial charge < -0.3 is 10.6 Å². The zero-order chi connectivity index (χ0) is 28.2. The Morgan fingerprint density at radius 3 is 2.59 bits per heavy atom.